The normalized spacial score (nSPS) is 21.1. The summed E-state index contributed by atoms with van der Waals surface area (Å²) in [4.78, 5) is 95.0. The van der Waals surface area contributed by atoms with Gasteiger partial charge in [0, 0.05) is 31.5 Å². The number of benzene rings is 2. The number of carbonyl (C=O) groups is 7. The monoisotopic (exact) mass is 720 g/mol. The lowest BCUT2D eigenvalue weighted by Gasteiger charge is -2.23. The highest BCUT2D eigenvalue weighted by Crippen LogP contribution is 2.46. The van der Waals surface area contributed by atoms with E-state index in [0.29, 0.717) is 28.9 Å². The molecule has 4 heterocycles. The first-order chi connectivity index (χ1) is 22.8. The number of fused-ring (bicyclic) bond motifs is 2. The van der Waals surface area contributed by atoms with Crippen LogP contribution in [-0.2, 0) is 33.6 Å². The molecule has 0 spiro atoms. The van der Waals surface area contributed by atoms with E-state index in [-0.39, 0.29) is 49.0 Å². The zero-order valence-corrected chi connectivity index (χ0v) is 28.5. The number of hydrogen-bond acceptors (Lipinski definition) is 11. The first-order valence-electron chi connectivity index (χ1n) is 14.5. The third kappa shape index (κ3) is 5.38. The second kappa shape index (κ2) is 12.8. The van der Waals surface area contributed by atoms with Gasteiger partial charge < -0.3 is 5.11 Å². The summed E-state index contributed by atoms with van der Waals surface area (Å²) in [5, 5.41) is 10.1. The Morgan fingerprint density at radius 3 is 1.69 bits per heavy atom. The molecule has 4 aliphatic rings. The molecule has 0 radical (unpaired) electrons. The molecular formula is C32H24N4O8S4. The summed E-state index contributed by atoms with van der Waals surface area (Å²) in [5.41, 5.74) is 1.64. The number of para-hydroxylation sites is 2. The second-order valence-electron chi connectivity index (χ2n) is 11.0. The number of carbonyl (C=O) groups excluding carboxylic acids is 6. The molecule has 0 aromatic heterocycles. The molecule has 1 N–H and O–H groups in total. The molecule has 6 amide bonds. The van der Waals surface area contributed by atoms with Gasteiger partial charge in [0.1, 0.15) is 14.7 Å². The van der Waals surface area contributed by atoms with Gasteiger partial charge in [-0.15, -0.1) is 0 Å². The number of hydrogen-bond donors (Lipinski definition) is 1. The van der Waals surface area contributed by atoms with Crippen molar-refractivity contribution in [3.63, 3.8) is 0 Å². The molecule has 6 rings (SSSR count). The Hall–Kier alpha value is -4.51. The predicted octanol–water partition coefficient (Wildman–Crippen LogP) is 3.94. The van der Waals surface area contributed by atoms with E-state index in [9.17, 15) is 38.7 Å². The van der Waals surface area contributed by atoms with Gasteiger partial charge in [0.15, 0.2) is 0 Å². The summed E-state index contributed by atoms with van der Waals surface area (Å²) in [6.07, 6.45) is 0.532. The Bertz CT molecular complexity index is 1990. The topological polar surface area (TPSA) is 153 Å². The Morgan fingerprint density at radius 1 is 0.708 bits per heavy atom. The van der Waals surface area contributed by atoms with E-state index in [4.69, 9.17) is 24.4 Å². The number of amides is 6. The first-order valence-corrected chi connectivity index (χ1v) is 17.0. The van der Waals surface area contributed by atoms with Crippen LogP contribution in [0.4, 0.5) is 11.4 Å². The Balaban J connectivity index is 1.17. The minimum Gasteiger partial charge on any atom is -0.480 e. The largest absolute Gasteiger partial charge is 0.480 e. The zero-order valence-electron chi connectivity index (χ0n) is 25.3. The van der Waals surface area contributed by atoms with Crippen molar-refractivity contribution in [1.29, 1.82) is 0 Å². The number of nitrogens with zero attached hydrogens (tertiary/aromatic N) is 4. The average molecular weight is 721 g/mol. The highest BCUT2D eigenvalue weighted by molar-refractivity contribution is 8.27. The van der Waals surface area contributed by atoms with E-state index in [1.807, 2.05) is 0 Å². The van der Waals surface area contributed by atoms with Crippen LogP contribution >= 0.6 is 48.0 Å². The SMILES string of the molecule is CC(=O)N1C(=O)/C(=C2\SC(=S)N(CCCCC(C(=O)O)N3C(=O)/C(=C4/C(=O)N(C(C)=O)c5ccccc54)SC3=S)C2=O)c2ccccc21. The van der Waals surface area contributed by atoms with Crippen molar-refractivity contribution >= 4 is 121 Å². The van der Waals surface area contributed by atoms with Crippen LogP contribution in [0.15, 0.2) is 58.3 Å². The number of carboxylic acids is 1. The molecule has 2 aromatic carbocycles. The molecule has 0 bridgehead atoms. The molecule has 16 heteroatoms. The minimum absolute atomic E-state index is 0.0111. The lowest BCUT2D eigenvalue weighted by atomic mass is 10.0. The molecule has 2 saturated heterocycles. The van der Waals surface area contributed by atoms with Crippen molar-refractivity contribution in [2.75, 3.05) is 16.3 Å². The van der Waals surface area contributed by atoms with Crippen molar-refractivity contribution in [2.24, 2.45) is 0 Å². The third-order valence-corrected chi connectivity index (χ3v) is 10.9. The standard InChI is InChI=1S/C32H24N4O8S4/c1-15(37)34-19-11-5-3-9-17(19)22(26(34)39)24-28(41)33(31(45)47-24)14-8-7-13-21(30(43)44)36-29(42)25(48-32(36)46)23-18-10-4-6-12-20(18)35(16(2)38)27(23)40/h3-6,9-12,21H,7-8,13-14H2,1-2H3,(H,43,44)/b24-22-,25-23-. The zero-order chi connectivity index (χ0) is 34.6. The van der Waals surface area contributed by atoms with Crippen LogP contribution in [0.2, 0.25) is 0 Å². The van der Waals surface area contributed by atoms with Gasteiger partial charge >= 0.3 is 5.97 Å². The first kappa shape index (κ1) is 33.4. The molecule has 4 aliphatic heterocycles. The van der Waals surface area contributed by atoms with Gasteiger partial charge in [-0.05, 0) is 31.4 Å². The maximum atomic E-state index is 13.7. The molecule has 12 nitrogen and oxygen atoms in total. The second-order valence-corrected chi connectivity index (χ2v) is 14.3. The fourth-order valence-electron chi connectivity index (χ4n) is 6.01. The highest BCUT2D eigenvalue weighted by atomic mass is 32.2. The van der Waals surface area contributed by atoms with E-state index in [2.05, 4.69) is 0 Å². The number of thiocarbonyl (C=S) groups is 2. The predicted molar refractivity (Wildman–Crippen MR) is 187 cm³/mol. The van der Waals surface area contributed by atoms with Crippen molar-refractivity contribution in [1.82, 2.24) is 9.80 Å². The van der Waals surface area contributed by atoms with Crippen molar-refractivity contribution in [3.05, 3.63) is 69.5 Å². The van der Waals surface area contributed by atoms with E-state index in [1.165, 1.54) is 18.7 Å². The summed E-state index contributed by atoms with van der Waals surface area (Å²) in [6, 6.07) is 11.8. The Kier molecular flexibility index (Phi) is 8.93. The lowest BCUT2D eigenvalue weighted by molar-refractivity contribution is -0.145. The summed E-state index contributed by atoms with van der Waals surface area (Å²) in [5.74, 6) is -4.85. The Labute approximate surface area is 292 Å². The smallest absolute Gasteiger partial charge is 0.326 e. The van der Waals surface area contributed by atoms with Gasteiger partial charge in [-0.1, -0.05) is 84.4 Å². The molecule has 1 atom stereocenters. The summed E-state index contributed by atoms with van der Waals surface area (Å²) < 4.78 is 0.180. The van der Waals surface area contributed by atoms with Crippen LogP contribution in [-0.4, -0.2) is 77.5 Å². The molecule has 2 aromatic rings. The van der Waals surface area contributed by atoms with Crippen LogP contribution in [0.3, 0.4) is 0 Å². The van der Waals surface area contributed by atoms with E-state index in [0.717, 1.165) is 38.2 Å². The van der Waals surface area contributed by atoms with Crippen LogP contribution < -0.4 is 9.80 Å². The minimum atomic E-state index is -1.36. The fraction of sp³-hybridized carbons (Fsp3) is 0.219. The molecule has 1 unspecified atom stereocenters. The van der Waals surface area contributed by atoms with Crippen LogP contribution in [0.1, 0.15) is 44.2 Å². The van der Waals surface area contributed by atoms with Gasteiger partial charge in [0.2, 0.25) is 11.8 Å². The molecule has 0 aliphatic carbocycles. The molecule has 2 fully saturated rings. The maximum absolute atomic E-state index is 13.7. The van der Waals surface area contributed by atoms with Gasteiger partial charge in [0.25, 0.3) is 23.6 Å². The number of carboxylic acid groups (broad SMARTS) is 1. The molecule has 48 heavy (non-hydrogen) atoms. The summed E-state index contributed by atoms with van der Waals surface area (Å²) >= 11 is 12.6. The van der Waals surface area contributed by atoms with Crippen molar-refractivity contribution < 1.29 is 38.7 Å². The van der Waals surface area contributed by atoms with E-state index < -0.39 is 47.5 Å². The van der Waals surface area contributed by atoms with Crippen molar-refractivity contribution in [2.45, 2.75) is 39.2 Å². The Morgan fingerprint density at radius 2 is 1.19 bits per heavy atom. The molecular weight excluding hydrogens is 697 g/mol. The van der Waals surface area contributed by atoms with Gasteiger partial charge in [0.05, 0.1) is 32.3 Å². The number of aliphatic carboxylic acids is 1. The van der Waals surface area contributed by atoms with Crippen molar-refractivity contribution in [3.8, 4) is 0 Å². The van der Waals surface area contributed by atoms with E-state index in [1.54, 1.807) is 48.5 Å². The number of rotatable bonds is 7. The summed E-state index contributed by atoms with van der Waals surface area (Å²) in [7, 11) is 0. The quantitative estimate of drug-likeness (QED) is 0.251. The number of unbranched alkanes of at least 4 members (excludes halogenated alkanes) is 1. The van der Waals surface area contributed by atoms with Crippen LogP contribution in [0.5, 0.6) is 0 Å². The van der Waals surface area contributed by atoms with Gasteiger partial charge in [-0.2, -0.15) is 0 Å². The molecule has 0 saturated carbocycles. The lowest BCUT2D eigenvalue weighted by Crippen LogP contribution is -2.44. The number of anilines is 2. The highest BCUT2D eigenvalue weighted by Gasteiger charge is 2.47. The third-order valence-electron chi connectivity index (χ3n) is 8.10. The van der Waals surface area contributed by atoms with Gasteiger partial charge in [-0.25, -0.2) is 14.6 Å². The maximum Gasteiger partial charge on any atom is 0.326 e. The number of imide groups is 2. The average Bonchev–Trinajstić information content (AvgIpc) is 3.69. The van der Waals surface area contributed by atoms with Gasteiger partial charge in [-0.3, -0.25) is 38.6 Å². The summed E-state index contributed by atoms with van der Waals surface area (Å²) in [6.45, 7) is 2.62. The van der Waals surface area contributed by atoms with E-state index >= 15 is 0 Å². The van der Waals surface area contributed by atoms with Crippen LogP contribution in [0, 0.1) is 0 Å². The number of thioether (sulfide) groups is 2. The molecule has 244 valence electrons. The van der Waals surface area contributed by atoms with Crippen LogP contribution in [0.25, 0.3) is 11.1 Å². The fourth-order valence-corrected chi connectivity index (χ4v) is 8.82.